The van der Waals surface area contributed by atoms with Crippen molar-refractivity contribution in [3.8, 4) is 0 Å². The molecule has 2 aliphatic rings. The summed E-state index contributed by atoms with van der Waals surface area (Å²) >= 11 is 1.46. The Balaban J connectivity index is 1.46. The molecule has 6 heteroatoms. The third-order valence-electron chi connectivity index (χ3n) is 6.17. The second-order valence-corrected chi connectivity index (χ2v) is 9.68. The molecule has 0 fully saturated rings. The number of halogens is 1. The number of amides is 2. The molecule has 2 atom stereocenters. The fourth-order valence-corrected chi connectivity index (χ4v) is 5.55. The molecule has 32 heavy (non-hydrogen) atoms. The van der Waals surface area contributed by atoms with Crippen molar-refractivity contribution < 1.29 is 14.0 Å². The molecule has 0 radical (unpaired) electrons. The van der Waals surface area contributed by atoms with Crippen LogP contribution in [0.4, 0.5) is 10.1 Å². The van der Waals surface area contributed by atoms with Crippen LogP contribution in [0.25, 0.3) is 0 Å². The number of benzene rings is 2. The number of para-hydroxylation sites is 1. The van der Waals surface area contributed by atoms with E-state index in [1.807, 2.05) is 31.2 Å². The van der Waals surface area contributed by atoms with Crippen molar-refractivity contribution in [3.05, 3.63) is 71.6 Å². The molecule has 1 heterocycles. The highest BCUT2D eigenvalue weighted by Crippen LogP contribution is 2.42. The molecule has 2 aromatic rings. The van der Waals surface area contributed by atoms with Gasteiger partial charge in [-0.1, -0.05) is 42.8 Å². The number of allylic oxidation sites excluding steroid dienone is 1. The molecule has 4 rings (SSSR count). The van der Waals surface area contributed by atoms with Crippen molar-refractivity contribution in [2.24, 2.45) is 5.92 Å². The zero-order valence-corrected chi connectivity index (χ0v) is 19.2. The van der Waals surface area contributed by atoms with Gasteiger partial charge in [0, 0.05) is 11.4 Å². The Morgan fingerprint density at radius 2 is 1.97 bits per heavy atom. The molecule has 2 amide bonds. The topological polar surface area (TPSA) is 49.4 Å². The van der Waals surface area contributed by atoms with Gasteiger partial charge < -0.3 is 10.2 Å². The molecule has 1 aliphatic carbocycles. The average molecular weight is 453 g/mol. The molecular weight excluding hydrogens is 423 g/mol. The van der Waals surface area contributed by atoms with Gasteiger partial charge in [-0.15, -0.1) is 11.8 Å². The maximum absolute atomic E-state index is 13.5. The summed E-state index contributed by atoms with van der Waals surface area (Å²) in [6.07, 6.45) is 7.91. The molecule has 0 bridgehead atoms. The van der Waals surface area contributed by atoms with E-state index in [9.17, 15) is 14.0 Å². The molecular formula is C26H29FN2O2S. The Labute approximate surface area is 193 Å². The molecule has 168 valence electrons. The van der Waals surface area contributed by atoms with E-state index in [4.69, 9.17) is 0 Å². The molecule has 0 saturated heterocycles. The van der Waals surface area contributed by atoms with E-state index < -0.39 is 11.2 Å². The van der Waals surface area contributed by atoms with E-state index >= 15 is 0 Å². The number of nitrogens with one attached hydrogen (secondary N) is 1. The Morgan fingerprint density at radius 1 is 1.19 bits per heavy atom. The summed E-state index contributed by atoms with van der Waals surface area (Å²) < 4.78 is 13.3. The van der Waals surface area contributed by atoms with Crippen LogP contribution in [0.1, 0.15) is 44.6 Å². The van der Waals surface area contributed by atoms with Crippen LogP contribution in [-0.4, -0.2) is 23.6 Å². The predicted molar refractivity (Wildman–Crippen MR) is 127 cm³/mol. The maximum Gasteiger partial charge on any atom is 0.241 e. The Kier molecular flexibility index (Phi) is 7.30. The second-order valence-electron chi connectivity index (χ2n) is 8.49. The fourth-order valence-electron chi connectivity index (χ4n) is 4.27. The van der Waals surface area contributed by atoms with E-state index in [0.29, 0.717) is 13.1 Å². The SMILES string of the molecule is C[C@@H](C(=O)NCCC1=CCCCC1)[C@@H]1Sc2ccccc2N(Cc2ccc(F)cc2)C1=O. The van der Waals surface area contributed by atoms with Crippen LogP contribution in [0.3, 0.4) is 0 Å². The molecule has 1 N–H and O–H groups in total. The average Bonchev–Trinajstić information content (AvgIpc) is 2.82. The molecule has 0 unspecified atom stereocenters. The van der Waals surface area contributed by atoms with Gasteiger partial charge in [0.25, 0.3) is 0 Å². The lowest BCUT2D eigenvalue weighted by atomic mass is 9.97. The Hall–Kier alpha value is -2.60. The van der Waals surface area contributed by atoms with Gasteiger partial charge in [-0.05, 0) is 61.9 Å². The minimum absolute atomic E-state index is 0.0873. The number of anilines is 1. The van der Waals surface area contributed by atoms with Crippen molar-refractivity contribution in [2.45, 2.75) is 55.7 Å². The smallest absolute Gasteiger partial charge is 0.241 e. The van der Waals surface area contributed by atoms with E-state index in [0.717, 1.165) is 35.4 Å². The van der Waals surface area contributed by atoms with Crippen LogP contribution in [0.5, 0.6) is 0 Å². The van der Waals surface area contributed by atoms with Crippen LogP contribution in [0, 0.1) is 11.7 Å². The molecule has 0 aromatic heterocycles. The first-order valence-corrected chi connectivity index (χ1v) is 12.2. The standard InChI is InChI=1S/C26H29FN2O2S/c1-18(25(30)28-16-15-19-7-3-2-4-8-19)24-26(31)29(17-20-11-13-21(27)14-12-20)22-9-5-6-10-23(22)32-24/h5-7,9-14,18,24H,2-4,8,15-17H2,1H3,(H,28,30)/t18-,24+/m1/s1. The highest BCUT2D eigenvalue weighted by molar-refractivity contribution is 8.01. The summed E-state index contributed by atoms with van der Waals surface area (Å²) in [5, 5.41) is 2.54. The predicted octanol–water partition coefficient (Wildman–Crippen LogP) is 5.48. The molecule has 0 saturated carbocycles. The maximum atomic E-state index is 13.5. The second kappa shape index (κ2) is 10.3. The molecule has 0 spiro atoms. The number of carbonyl (C=O) groups excluding carboxylic acids is 2. The zero-order chi connectivity index (χ0) is 22.5. The van der Waals surface area contributed by atoms with E-state index in [-0.39, 0.29) is 17.6 Å². The van der Waals surface area contributed by atoms with Crippen molar-refractivity contribution >= 4 is 29.3 Å². The van der Waals surface area contributed by atoms with Gasteiger partial charge in [-0.3, -0.25) is 9.59 Å². The van der Waals surface area contributed by atoms with Gasteiger partial charge in [0.1, 0.15) is 11.1 Å². The lowest BCUT2D eigenvalue weighted by Crippen LogP contribution is -2.47. The van der Waals surface area contributed by atoms with E-state index in [2.05, 4.69) is 11.4 Å². The summed E-state index contributed by atoms with van der Waals surface area (Å²) in [5.74, 6) is -0.942. The number of hydrogen-bond donors (Lipinski definition) is 1. The lowest BCUT2D eigenvalue weighted by molar-refractivity contribution is -0.128. The van der Waals surface area contributed by atoms with Gasteiger partial charge in [0.2, 0.25) is 11.8 Å². The van der Waals surface area contributed by atoms with Crippen molar-refractivity contribution in [1.82, 2.24) is 5.32 Å². The highest BCUT2D eigenvalue weighted by Gasteiger charge is 2.39. The quantitative estimate of drug-likeness (QED) is 0.566. The molecule has 2 aromatic carbocycles. The number of nitrogens with zero attached hydrogens (tertiary/aromatic N) is 1. The van der Waals surface area contributed by atoms with Gasteiger partial charge in [0.15, 0.2) is 0 Å². The Morgan fingerprint density at radius 3 is 2.72 bits per heavy atom. The first kappa shape index (κ1) is 22.6. The highest BCUT2D eigenvalue weighted by atomic mass is 32.2. The van der Waals surface area contributed by atoms with Gasteiger partial charge >= 0.3 is 0 Å². The minimum Gasteiger partial charge on any atom is -0.356 e. The number of carbonyl (C=O) groups is 2. The van der Waals surface area contributed by atoms with E-state index in [1.54, 1.807) is 17.0 Å². The third kappa shape index (κ3) is 5.23. The van der Waals surface area contributed by atoms with Crippen LogP contribution >= 0.6 is 11.8 Å². The number of fused-ring (bicyclic) bond motifs is 1. The number of thioether (sulfide) groups is 1. The minimum atomic E-state index is -0.501. The largest absolute Gasteiger partial charge is 0.356 e. The molecule has 1 aliphatic heterocycles. The van der Waals surface area contributed by atoms with Crippen LogP contribution < -0.4 is 10.2 Å². The van der Waals surface area contributed by atoms with Crippen molar-refractivity contribution in [3.63, 3.8) is 0 Å². The molecule has 4 nitrogen and oxygen atoms in total. The summed E-state index contributed by atoms with van der Waals surface area (Å²) in [6.45, 7) is 2.78. The first-order chi connectivity index (χ1) is 15.5. The number of hydrogen-bond acceptors (Lipinski definition) is 3. The first-order valence-electron chi connectivity index (χ1n) is 11.3. The summed E-state index contributed by atoms with van der Waals surface area (Å²) in [5.41, 5.74) is 3.10. The summed E-state index contributed by atoms with van der Waals surface area (Å²) in [4.78, 5) is 29.1. The lowest BCUT2D eigenvalue weighted by Gasteiger charge is -2.35. The number of rotatable bonds is 7. The van der Waals surface area contributed by atoms with Crippen LogP contribution in [-0.2, 0) is 16.1 Å². The van der Waals surface area contributed by atoms with Crippen LogP contribution in [0.2, 0.25) is 0 Å². The van der Waals surface area contributed by atoms with E-state index in [1.165, 1.54) is 42.3 Å². The van der Waals surface area contributed by atoms with Crippen molar-refractivity contribution in [2.75, 3.05) is 11.4 Å². The normalized spacial score (nSPS) is 19.2. The van der Waals surface area contributed by atoms with Gasteiger partial charge in [-0.25, -0.2) is 4.39 Å². The monoisotopic (exact) mass is 452 g/mol. The summed E-state index contributed by atoms with van der Waals surface area (Å²) in [6, 6.07) is 13.9. The van der Waals surface area contributed by atoms with Gasteiger partial charge in [0.05, 0.1) is 18.2 Å². The van der Waals surface area contributed by atoms with Crippen LogP contribution in [0.15, 0.2) is 65.1 Å². The summed E-state index contributed by atoms with van der Waals surface area (Å²) in [7, 11) is 0. The zero-order valence-electron chi connectivity index (χ0n) is 18.4. The van der Waals surface area contributed by atoms with Crippen molar-refractivity contribution in [1.29, 1.82) is 0 Å². The van der Waals surface area contributed by atoms with Gasteiger partial charge in [-0.2, -0.15) is 0 Å². The Bertz CT molecular complexity index is 1010. The fraction of sp³-hybridized carbons (Fsp3) is 0.385. The third-order valence-corrected chi connectivity index (χ3v) is 7.63.